The van der Waals surface area contributed by atoms with Gasteiger partial charge in [0.25, 0.3) is 5.91 Å². The molecule has 0 radical (unpaired) electrons. The van der Waals surface area contributed by atoms with Crippen molar-refractivity contribution in [3.63, 3.8) is 0 Å². The molecule has 1 amide bonds. The molecule has 4 atom stereocenters. The zero-order chi connectivity index (χ0) is 24.5. The maximum Gasteiger partial charge on any atom is 0.264 e. The fourth-order valence-corrected chi connectivity index (χ4v) is 5.77. The second kappa shape index (κ2) is 9.61. The molecule has 10 nitrogen and oxygen atoms in total. The molecule has 2 aliphatic heterocycles. The van der Waals surface area contributed by atoms with E-state index < -0.39 is 46.1 Å². The zero-order valence-corrected chi connectivity index (χ0v) is 19.9. The summed E-state index contributed by atoms with van der Waals surface area (Å²) in [7, 11) is -2.73. The Morgan fingerprint density at radius 3 is 2.41 bits per heavy atom. The maximum atomic E-state index is 13.5. The number of nitrogens with zero attached hydrogens (tertiary/aromatic N) is 1. The van der Waals surface area contributed by atoms with E-state index in [4.69, 9.17) is 19.0 Å². The Morgan fingerprint density at radius 1 is 1.12 bits per heavy atom. The van der Waals surface area contributed by atoms with Gasteiger partial charge in [0.2, 0.25) is 10.0 Å². The fourth-order valence-electron chi connectivity index (χ4n) is 4.16. The molecule has 2 saturated heterocycles. The summed E-state index contributed by atoms with van der Waals surface area (Å²) in [6.45, 7) is 3.01. The molecule has 0 bridgehead atoms. The van der Waals surface area contributed by atoms with Crippen molar-refractivity contribution in [3.8, 4) is 5.75 Å². The Labute approximate surface area is 198 Å². The minimum absolute atomic E-state index is 0.0554. The van der Waals surface area contributed by atoms with Crippen molar-refractivity contribution in [2.24, 2.45) is 0 Å². The summed E-state index contributed by atoms with van der Waals surface area (Å²) in [5.41, 5.74) is 3.17. The third-order valence-electron chi connectivity index (χ3n) is 5.72. The van der Waals surface area contributed by atoms with Crippen LogP contribution in [0.25, 0.3) is 0 Å². The Kier molecular flexibility index (Phi) is 6.94. The number of aliphatic hydroxyl groups is 1. The number of aliphatic hydroxyl groups excluding tert-OH is 1. The van der Waals surface area contributed by atoms with Crippen molar-refractivity contribution in [1.29, 1.82) is 0 Å². The van der Waals surface area contributed by atoms with Crippen LogP contribution in [0.3, 0.4) is 0 Å². The molecule has 4 rings (SSSR count). The van der Waals surface area contributed by atoms with Gasteiger partial charge in [0.15, 0.2) is 5.79 Å². The summed E-state index contributed by atoms with van der Waals surface area (Å²) >= 11 is 0. The molecule has 2 aromatic rings. The summed E-state index contributed by atoms with van der Waals surface area (Å²) in [5.74, 6) is -1.36. The topological polar surface area (TPSA) is 124 Å². The number of fused-ring (bicyclic) bond motifs is 1. The summed E-state index contributed by atoms with van der Waals surface area (Å²) in [5, 5.41) is 10.7. The predicted molar refractivity (Wildman–Crippen MR) is 120 cm³/mol. The number of sulfonamides is 1. The molecule has 34 heavy (non-hydrogen) atoms. The summed E-state index contributed by atoms with van der Waals surface area (Å²) in [6.07, 6.45) is -3.14. The number of nitrogens with one attached hydrogen (secondary N) is 1. The molecule has 0 spiro atoms. The average molecular weight is 493 g/mol. The summed E-state index contributed by atoms with van der Waals surface area (Å²) in [6, 6.07) is 13.6. The normalized spacial score (nSPS) is 26.6. The maximum absolute atomic E-state index is 13.5. The summed E-state index contributed by atoms with van der Waals surface area (Å²) < 4.78 is 44.8. The van der Waals surface area contributed by atoms with Crippen LogP contribution >= 0.6 is 0 Å². The minimum Gasteiger partial charge on any atom is -0.497 e. The van der Waals surface area contributed by atoms with Crippen molar-refractivity contribution in [2.45, 2.75) is 55.5 Å². The van der Waals surface area contributed by atoms with E-state index in [1.807, 2.05) is 30.3 Å². The molecule has 0 aromatic heterocycles. The lowest BCUT2D eigenvalue weighted by molar-refractivity contribution is -0.156. The van der Waals surface area contributed by atoms with Gasteiger partial charge in [0, 0.05) is 6.54 Å². The molecule has 2 heterocycles. The first-order valence-electron chi connectivity index (χ1n) is 10.8. The number of hydroxylamine groups is 1. The first kappa shape index (κ1) is 24.6. The first-order valence-corrected chi connectivity index (χ1v) is 12.2. The number of methoxy groups -OCH3 is 1. The molecule has 184 valence electrons. The highest BCUT2D eigenvalue weighted by Crippen LogP contribution is 2.38. The van der Waals surface area contributed by atoms with Gasteiger partial charge in [-0.05, 0) is 43.7 Å². The van der Waals surface area contributed by atoms with Gasteiger partial charge in [-0.25, -0.2) is 13.9 Å². The van der Waals surface area contributed by atoms with Crippen molar-refractivity contribution >= 4 is 15.9 Å². The molecular weight excluding hydrogens is 464 g/mol. The molecule has 2 aliphatic rings. The van der Waals surface area contributed by atoms with Crippen LogP contribution < -0.4 is 10.2 Å². The van der Waals surface area contributed by atoms with E-state index in [9.17, 15) is 18.3 Å². The third kappa shape index (κ3) is 4.95. The van der Waals surface area contributed by atoms with Gasteiger partial charge in [0.05, 0.1) is 24.7 Å². The van der Waals surface area contributed by atoms with Crippen molar-refractivity contribution < 1.29 is 37.4 Å². The number of carbonyl (C=O) groups is 1. The van der Waals surface area contributed by atoms with E-state index >= 15 is 0 Å². The third-order valence-corrected chi connectivity index (χ3v) is 7.58. The number of amides is 1. The van der Waals surface area contributed by atoms with Crippen molar-refractivity contribution in [1.82, 2.24) is 9.79 Å². The quantitative estimate of drug-likeness (QED) is 0.553. The van der Waals surface area contributed by atoms with E-state index in [1.54, 1.807) is 13.8 Å². The Balaban J connectivity index is 1.62. The lowest BCUT2D eigenvalue weighted by atomic mass is 9.95. The van der Waals surface area contributed by atoms with Crippen LogP contribution in [0.15, 0.2) is 59.5 Å². The first-order chi connectivity index (χ1) is 16.1. The largest absolute Gasteiger partial charge is 0.497 e. The number of carbonyl (C=O) groups excluding carboxylic acids is 1. The van der Waals surface area contributed by atoms with Gasteiger partial charge in [-0.15, -0.1) is 0 Å². The van der Waals surface area contributed by atoms with E-state index in [-0.39, 0.29) is 18.0 Å². The van der Waals surface area contributed by atoms with Crippen molar-refractivity contribution in [3.05, 3.63) is 60.2 Å². The number of ether oxygens (including phenoxy) is 3. The Hall–Kier alpha value is -2.54. The molecule has 0 saturated carbocycles. The highest BCUT2D eigenvalue weighted by molar-refractivity contribution is 7.89. The molecule has 2 N–H and O–H groups in total. The smallest absolute Gasteiger partial charge is 0.264 e. The standard InChI is InChI=1S/C23H28N2O8S/c1-23(2)32-20-18(26)13-25(34(28,29)17-11-9-16(30-3)10-12-17)19(21(20)33-23)22(27)24-31-14-15-7-5-4-6-8-15/h4-12,18-21,26H,13-14H2,1-3H3,(H,24,27)/t18-,19+,20+,21-/m0/s1. The number of rotatable bonds is 7. The van der Waals surface area contributed by atoms with Gasteiger partial charge in [-0.2, -0.15) is 4.31 Å². The van der Waals surface area contributed by atoms with Crippen LogP contribution in [-0.2, 0) is 35.7 Å². The molecule has 0 unspecified atom stereocenters. The molecule has 11 heteroatoms. The Morgan fingerprint density at radius 2 is 1.76 bits per heavy atom. The molecule has 0 aliphatic carbocycles. The number of piperidine rings is 1. The van der Waals surface area contributed by atoms with E-state index in [0.717, 1.165) is 9.87 Å². The second-order valence-corrected chi connectivity index (χ2v) is 10.5. The van der Waals surface area contributed by atoms with Gasteiger partial charge < -0.3 is 19.3 Å². The minimum atomic E-state index is -4.20. The van der Waals surface area contributed by atoms with Gasteiger partial charge in [-0.3, -0.25) is 9.63 Å². The highest BCUT2D eigenvalue weighted by Gasteiger charge is 2.58. The van der Waals surface area contributed by atoms with E-state index in [2.05, 4.69) is 5.48 Å². The molecule has 2 aromatic carbocycles. The number of hydrogen-bond donors (Lipinski definition) is 2. The number of β-amino-alcohol motifs (C(OH)–C–C–N with tert-alkyl or cyclic N) is 1. The highest BCUT2D eigenvalue weighted by atomic mass is 32.2. The van der Waals surface area contributed by atoms with Gasteiger partial charge >= 0.3 is 0 Å². The van der Waals surface area contributed by atoms with Gasteiger partial charge in [-0.1, -0.05) is 30.3 Å². The molecule has 2 fully saturated rings. The fraction of sp³-hybridized carbons (Fsp3) is 0.435. The summed E-state index contributed by atoms with van der Waals surface area (Å²) in [4.78, 5) is 18.6. The lowest BCUT2D eigenvalue weighted by Gasteiger charge is -2.41. The second-order valence-electron chi connectivity index (χ2n) is 8.57. The predicted octanol–water partition coefficient (Wildman–Crippen LogP) is 1.20. The lowest BCUT2D eigenvalue weighted by Crippen LogP contribution is -2.65. The van der Waals surface area contributed by atoms with Crippen LogP contribution in [0.2, 0.25) is 0 Å². The van der Waals surface area contributed by atoms with Crippen LogP contribution in [0.5, 0.6) is 5.75 Å². The Bertz CT molecular complexity index is 1110. The van der Waals surface area contributed by atoms with Crippen LogP contribution in [-0.4, -0.2) is 67.5 Å². The van der Waals surface area contributed by atoms with Crippen molar-refractivity contribution in [2.75, 3.05) is 13.7 Å². The molecular formula is C23H28N2O8S. The van der Waals surface area contributed by atoms with Crippen LogP contribution in [0.4, 0.5) is 0 Å². The monoisotopic (exact) mass is 492 g/mol. The van der Waals surface area contributed by atoms with Crippen LogP contribution in [0.1, 0.15) is 19.4 Å². The number of hydrogen-bond acceptors (Lipinski definition) is 8. The van der Waals surface area contributed by atoms with Gasteiger partial charge in [0.1, 0.15) is 24.0 Å². The van der Waals surface area contributed by atoms with E-state index in [0.29, 0.717) is 5.75 Å². The van der Waals surface area contributed by atoms with E-state index in [1.165, 1.54) is 31.4 Å². The van der Waals surface area contributed by atoms with Crippen LogP contribution in [0, 0.1) is 0 Å². The number of benzene rings is 2. The zero-order valence-electron chi connectivity index (χ0n) is 19.1. The SMILES string of the molecule is COc1ccc(S(=O)(=O)N2C[C@H](O)[C@H]3OC(C)(C)O[C@H]3[C@@H]2C(=O)NOCc2ccccc2)cc1. The average Bonchev–Trinajstić information content (AvgIpc) is 3.15.